The van der Waals surface area contributed by atoms with Crippen molar-refractivity contribution in [3.05, 3.63) is 64.6 Å². The molecule has 30 heavy (non-hydrogen) atoms. The fourth-order valence-corrected chi connectivity index (χ4v) is 3.79. The number of ether oxygens (including phenoxy) is 1. The molecule has 1 N–H and O–H groups in total. The molecule has 1 aliphatic heterocycles. The molecule has 1 fully saturated rings. The van der Waals surface area contributed by atoms with Gasteiger partial charge in [0, 0.05) is 11.3 Å². The highest BCUT2D eigenvalue weighted by Crippen LogP contribution is 2.33. The Labute approximate surface area is 180 Å². The standard InChI is InChI=1S/C23H24N2O4S/c1-4-29-19-8-6-5-7-17(19)13-20-22(27)25(23(28)30-20)14-21(26)24-18-11-9-16(10-12-18)15(2)3/h5-13,15H,4,14H2,1-3H3,(H,24,26)/b20-13+. The molecule has 3 rings (SSSR count). The number of imide groups is 1. The molecule has 156 valence electrons. The number of rotatable bonds is 7. The van der Waals surface area contributed by atoms with Crippen molar-refractivity contribution in [2.75, 3.05) is 18.5 Å². The third kappa shape index (κ3) is 5.10. The predicted molar refractivity (Wildman–Crippen MR) is 119 cm³/mol. The molecule has 0 radical (unpaired) electrons. The Morgan fingerprint density at radius 2 is 1.83 bits per heavy atom. The van der Waals surface area contributed by atoms with Gasteiger partial charge >= 0.3 is 0 Å². The molecule has 1 saturated heterocycles. The van der Waals surface area contributed by atoms with Gasteiger partial charge in [-0.2, -0.15) is 0 Å². The highest BCUT2D eigenvalue weighted by molar-refractivity contribution is 8.18. The number of amides is 3. The maximum Gasteiger partial charge on any atom is 0.294 e. The van der Waals surface area contributed by atoms with Gasteiger partial charge in [-0.15, -0.1) is 0 Å². The molecule has 3 amide bonds. The van der Waals surface area contributed by atoms with Gasteiger partial charge in [0.15, 0.2) is 0 Å². The van der Waals surface area contributed by atoms with Crippen LogP contribution in [0.1, 0.15) is 37.8 Å². The van der Waals surface area contributed by atoms with E-state index < -0.39 is 17.1 Å². The predicted octanol–water partition coefficient (Wildman–Crippen LogP) is 4.88. The van der Waals surface area contributed by atoms with Crippen LogP contribution in [-0.4, -0.2) is 35.1 Å². The third-order valence-electron chi connectivity index (χ3n) is 4.54. The number of benzene rings is 2. The van der Waals surface area contributed by atoms with E-state index in [2.05, 4.69) is 19.2 Å². The van der Waals surface area contributed by atoms with Crippen molar-refractivity contribution < 1.29 is 19.1 Å². The molecule has 2 aromatic carbocycles. The van der Waals surface area contributed by atoms with Crippen molar-refractivity contribution in [3.63, 3.8) is 0 Å². The van der Waals surface area contributed by atoms with Crippen molar-refractivity contribution in [2.24, 2.45) is 0 Å². The zero-order valence-electron chi connectivity index (χ0n) is 17.2. The first-order chi connectivity index (χ1) is 14.4. The number of nitrogens with one attached hydrogen (secondary N) is 1. The lowest BCUT2D eigenvalue weighted by Crippen LogP contribution is -2.36. The van der Waals surface area contributed by atoms with Crippen LogP contribution in [0, 0.1) is 0 Å². The van der Waals surface area contributed by atoms with Crippen molar-refractivity contribution >= 4 is 40.6 Å². The topological polar surface area (TPSA) is 75.7 Å². The van der Waals surface area contributed by atoms with Gasteiger partial charge in [-0.1, -0.05) is 44.2 Å². The van der Waals surface area contributed by atoms with Crippen molar-refractivity contribution in [1.82, 2.24) is 4.90 Å². The second-order valence-corrected chi connectivity index (χ2v) is 8.06. The molecule has 0 unspecified atom stereocenters. The molecule has 1 aliphatic rings. The van der Waals surface area contributed by atoms with Crippen LogP contribution in [-0.2, 0) is 9.59 Å². The van der Waals surface area contributed by atoms with Gasteiger partial charge in [0.05, 0.1) is 11.5 Å². The number of hydrogen-bond acceptors (Lipinski definition) is 5. The summed E-state index contributed by atoms with van der Waals surface area (Å²) in [5.74, 6) is 0.117. The van der Waals surface area contributed by atoms with Crippen LogP contribution in [0.25, 0.3) is 6.08 Å². The second kappa shape index (κ2) is 9.63. The smallest absolute Gasteiger partial charge is 0.294 e. The highest BCUT2D eigenvalue weighted by atomic mass is 32.2. The van der Waals surface area contributed by atoms with Crippen molar-refractivity contribution in [3.8, 4) is 5.75 Å². The van der Waals surface area contributed by atoms with E-state index in [0.717, 1.165) is 22.2 Å². The van der Waals surface area contributed by atoms with E-state index in [-0.39, 0.29) is 11.4 Å². The summed E-state index contributed by atoms with van der Waals surface area (Å²) in [4.78, 5) is 38.6. The van der Waals surface area contributed by atoms with E-state index in [0.29, 0.717) is 29.5 Å². The molecule has 2 aromatic rings. The van der Waals surface area contributed by atoms with Crippen molar-refractivity contribution in [1.29, 1.82) is 0 Å². The normalized spacial score (nSPS) is 15.2. The first-order valence-corrected chi connectivity index (χ1v) is 10.6. The summed E-state index contributed by atoms with van der Waals surface area (Å²) in [5.41, 5.74) is 2.49. The maximum absolute atomic E-state index is 12.7. The van der Waals surface area contributed by atoms with E-state index in [1.807, 2.05) is 49.4 Å². The van der Waals surface area contributed by atoms with Crippen LogP contribution in [0.4, 0.5) is 10.5 Å². The minimum absolute atomic E-state index is 0.265. The number of carbonyl (C=O) groups is 3. The van der Waals surface area contributed by atoms with Gasteiger partial charge in [0.2, 0.25) is 5.91 Å². The zero-order valence-corrected chi connectivity index (χ0v) is 18.0. The summed E-state index contributed by atoms with van der Waals surface area (Å²) >= 11 is 0.820. The Bertz CT molecular complexity index is 983. The second-order valence-electron chi connectivity index (χ2n) is 7.06. The third-order valence-corrected chi connectivity index (χ3v) is 5.45. The average Bonchev–Trinajstić information content (AvgIpc) is 2.97. The van der Waals surface area contributed by atoms with E-state index in [9.17, 15) is 14.4 Å². The maximum atomic E-state index is 12.7. The SMILES string of the molecule is CCOc1ccccc1/C=C1/SC(=O)N(CC(=O)Nc2ccc(C(C)C)cc2)C1=O. The van der Waals surface area contributed by atoms with Gasteiger partial charge in [-0.3, -0.25) is 19.3 Å². The first-order valence-electron chi connectivity index (χ1n) is 9.76. The lowest BCUT2D eigenvalue weighted by molar-refractivity contribution is -0.127. The molecule has 1 heterocycles. The molecule has 0 saturated carbocycles. The summed E-state index contributed by atoms with van der Waals surface area (Å²) in [6.07, 6.45) is 1.62. The molecule has 7 heteroatoms. The summed E-state index contributed by atoms with van der Waals surface area (Å²) in [5, 5.41) is 2.27. The minimum atomic E-state index is -0.485. The monoisotopic (exact) mass is 424 g/mol. The zero-order chi connectivity index (χ0) is 21.7. The fourth-order valence-electron chi connectivity index (χ4n) is 2.96. The minimum Gasteiger partial charge on any atom is -0.493 e. The Morgan fingerprint density at radius 3 is 2.50 bits per heavy atom. The van der Waals surface area contributed by atoms with Gasteiger partial charge in [-0.05, 0) is 54.4 Å². The lowest BCUT2D eigenvalue weighted by Gasteiger charge is -2.13. The van der Waals surface area contributed by atoms with Crippen LogP contribution < -0.4 is 10.1 Å². The number of anilines is 1. The van der Waals surface area contributed by atoms with E-state index >= 15 is 0 Å². The molecule has 0 spiro atoms. The Hall–Kier alpha value is -3.06. The number of carbonyl (C=O) groups excluding carboxylic acids is 3. The Balaban J connectivity index is 1.68. The molecule has 0 bridgehead atoms. The molecule has 0 aliphatic carbocycles. The first kappa shape index (κ1) is 21.6. The van der Waals surface area contributed by atoms with Gasteiger partial charge in [-0.25, -0.2) is 0 Å². The molecule has 0 aromatic heterocycles. The summed E-state index contributed by atoms with van der Waals surface area (Å²) < 4.78 is 5.56. The van der Waals surface area contributed by atoms with Crippen LogP contribution in [0.2, 0.25) is 0 Å². The summed E-state index contributed by atoms with van der Waals surface area (Å²) in [7, 11) is 0. The van der Waals surface area contributed by atoms with E-state index in [1.54, 1.807) is 12.1 Å². The van der Waals surface area contributed by atoms with Crippen LogP contribution in [0.15, 0.2) is 53.4 Å². The Kier molecular flexibility index (Phi) is 6.95. The molecular weight excluding hydrogens is 400 g/mol. The number of nitrogens with zero attached hydrogens (tertiary/aromatic N) is 1. The van der Waals surface area contributed by atoms with E-state index in [1.165, 1.54) is 0 Å². The number of thioether (sulfide) groups is 1. The average molecular weight is 425 g/mol. The van der Waals surface area contributed by atoms with Crippen molar-refractivity contribution in [2.45, 2.75) is 26.7 Å². The lowest BCUT2D eigenvalue weighted by atomic mass is 10.0. The van der Waals surface area contributed by atoms with Gasteiger partial charge < -0.3 is 10.1 Å². The fraction of sp³-hybridized carbons (Fsp3) is 0.261. The quantitative estimate of drug-likeness (QED) is 0.641. The van der Waals surface area contributed by atoms with Crippen LogP contribution in [0.5, 0.6) is 5.75 Å². The van der Waals surface area contributed by atoms with Gasteiger partial charge in [0.25, 0.3) is 11.1 Å². The summed E-state index contributed by atoms with van der Waals surface area (Å²) in [6.45, 7) is 6.22. The Morgan fingerprint density at radius 1 is 1.13 bits per heavy atom. The van der Waals surface area contributed by atoms with Crippen LogP contribution in [0.3, 0.4) is 0 Å². The van der Waals surface area contributed by atoms with Crippen LogP contribution >= 0.6 is 11.8 Å². The molecule has 6 nitrogen and oxygen atoms in total. The highest BCUT2D eigenvalue weighted by Gasteiger charge is 2.36. The molecular formula is C23H24N2O4S. The summed E-state index contributed by atoms with van der Waals surface area (Å²) in [6, 6.07) is 14.8. The number of para-hydroxylation sites is 1. The largest absolute Gasteiger partial charge is 0.493 e. The number of hydrogen-bond donors (Lipinski definition) is 1. The molecule has 0 atom stereocenters. The van der Waals surface area contributed by atoms with E-state index in [4.69, 9.17) is 4.74 Å². The van der Waals surface area contributed by atoms with Gasteiger partial charge in [0.1, 0.15) is 12.3 Å².